The highest BCUT2D eigenvalue weighted by atomic mass is 16.5. The number of methoxy groups -OCH3 is 1. The molecular formula is C30H22N2O6. The second-order valence-corrected chi connectivity index (χ2v) is 8.56. The van der Waals surface area contributed by atoms with E-state index in [0.717, 1.165) is 15.4 Å². The van der Waals surface area contributed by atoms with Gasteiger partial charge in [0.2, 0.25) is 0 Å². The average molecular weight is 507 g/mol. The number of furan rings is 1. The number of para-hydroxylation sites is 1. The maximum Gasteiger partial charge on any atom is 0.343 e. The molecule has 5 rings (SSSR count). The van der Waals surface area contributed by atoms with Gasteiger partial charge in [0, 0.05) is 5.56 Å². The molecule has 0 aliphatic carbocycles. The van der Waals surface area contributed by atoms with Crippen LogP contribution >= 0.6 is 0 Å². The van der Waals surface area contributed by atoms with Crippen LogP contribution in [0.15, 0.2) is 101 Å². The summed E-state index contributed by atoms with van der Waals surface area (Å²) in [6.45, 7) is 1.90. The number of barbiturate groups is 1. The third kappa shape index (κ3) is 4.51. The minimum atomic E-state index is -0.766. The third-order valence-electron chi connectivity index (χ3n) is 6.06. The molecule has 2 heterocycles. The first-order valence-electron chi connectivity index (χ1n) is 11.7. The van der Waals surface area contributed by atoms with Crippen LogP contribution in [0.2, 0.25) is 0 Å². The molecular weight excluding hydrogens is 484 g/mol. The largest absolute Gasteiger partial charge is 0.465 e. The molecule has 8 heteroatoms. The van der Waals surface area contributed by atoms with Crippen molar-refractivity contribution in [1.82, 2.24) is 0 Å². The molecule has 0 N–H and O–H groups in total. The number of imide groups is 2. The fourth-order valence-corrected chi connectivity index (χ4v) is 4.07. The van der Waals surface area contributed by atoms with E-state index in [1.807, 2.05) is 6.92 Å². The van der Waals surface area contributed by atoms with Gasteiger partial charge in [-0.25, -0.2) is 19.4 Å². The van der Waals surface area contributed by atoms with Gasteiger partial charge in [-0.05, 0) is 61.5 Å². The molecule has 38 heavy (non-hydrogen) atoms. The highest BCUT2D eigenvalue weighted by molar-refractivity contribution is 6.46. The number of esters is 1. The molecule has 1 aliphatic heterocycles. The van der Waals surface area contributed by atoms with Crippen molar-refractivity contribution in [3.05, 3.63) is 113 Å². The van der Waals surface area contributed by atoms with E-state index < -0.39 is 23.8 Å². The standard InChI is InChI=1S/C30H22N2O6/c1-19-8-14-23(15-9-19)32-28(34)25(27(33)31(30(32)36)22-6-4-3-5-7-22)18-24-16-17-26(38-24)20-10-12-21(13-11-20)29(35)37-2/h3-18H,1-2H3/b25-18+. The highest BCUT2D eigenvalue weighted by Crippen LogP contribution is 2.31. The van der Waals surface area contributed by atoms with Gasteiger partial charge in [-0.1, -0.05) is 48.0 Å². The Balaban J connectivity index is 1.54. The van der Waals surface area contributed by atoms with E-state index in [4.69, 9.17) is 9.15 Å². The molecule has 1 saturated heterocycles. The Labute approximate surface area is 218 Å². The Morgan fingerprint density at radius 3 is 1.97 bits per heavy atom. The number of nitrogens with zero attached hydrogens (tertiary/aromatic N) is 2. The van der Waals surface area contributed by atoms with Crippen LogP contribution in [0.3, 0.4) is 0 Å². The second kappa shape index (κ2) is 10.0. The topological polar surface area (TPSA) is 97.1 Å². The number of hydrogen-bond acceptors (Lipinski definition) is 6. The first-order chi connectivity index (χ1) is 18.4. The summed E-state index contributed by atoms with van der Waals surface area (Å²) in [5, 5.41) is 0. The van der Waals surface area contributed by atoms with Crippen LogP contribution in [0.4, 0.5) is 16.2 Å². The maximum absolute atomic E-state index is 13.5. The van der Waals surface area contributed by atoms with Crippen molar-refractivity contribution in [2.24, 2.45) is 0 Å². The summed E-state index contributed by atoms with van der Waals surface area (Å²) in [4.78, 5) is 54.1. The van der Waals surface area contributed by atoms with Gasteiger partial charge < -0.3 is 9.15 Å². The Kier molecular flexibility index (Phi) is 6.45. The Hall–Kier alpha value is -5.24. The SMILES string of the molecule is COC(=O)c1ccc(-c2ccc(/C=C3\C(=O)N(c4ccccc4)C(=O)N(c4ccc(C)cc4)C3=O)o2)cc1. The van der Waals surface area contributed by atoms with Gasteiger partial charge in [0.15, 0.2) is 0 Å². The first kappa shape index (κ1) is 24.5. The van der Waals surface area contributed by atoms with Crippen molar-refractivity contribution >= 4 is 41.3 Å². The molecule has 0 spiro atoms. The lowest BCUT2D eigenvalue weighted by molar-refractivity contribution is -0.121. The summed E-state index contributed by atoms with van der Waals surface area (Å²) in [6, 6.07) is 24.5. The average Bonchev–Trinajstić information content (AvgIpc) is 3.41. The first-order valence-corrected chi connectivity index (χ1v) is 11.7. The third-order valence-corrected chi connectivity index (χ3v) is 6.06. The summed E-state index contributed by atoms with van der Waals surface area (Å²) in [7, 11) is 1.31. The van der Waals surface area contributed by atoms with Crippen molar-refractivity contribution in [3.63, 3.8) is 0 Å². The number of carbonyl (C=O) groups excluding carboxylic acids is 4. The summed E-state index contributed by atoms with van der Waals surface area (Å²) >= 11 is 0. The van der Waals surface area contributed by atoms with Crippen molar-refractivity contribution in [2.75, 3.05) is 16.9 Å². The van der Waals surface area contributed by atoms with Crippen LogP contribution in [0.5, 0.6) is 0 Å². The summed E-state index contributed by atoms with van der Waals surface area (Å²) in [5.74, 6) is -1.24. The predicted molar refractivity (Wildman–Crippen MR) is 141 cm³/mol. The van der Waals surface area contributed by atoms with Gasteiger partial charge in [0.25, 0.3) is 11.8 Å². The molecule has 0 radical (unpaired) electrons. The molecule has 0 saturated carbocycles. The molecule has 0 bridgehead atoms. The number of urea groups is 1. The molecule has 3 aromatic carbocycles. The Morgan fingerprint density at radius 1 is 0.763 bits per heavy atom. The van der Waals surface area contributed by atoms with E-state index in [-0.39, 0.29) is 11.3 Å². The molecule has 4 amide bonds. The van der Waals surface area contributed by atoms with Crippen LogP contribution in [-0.2, 0) is 14.3 Å². The van der Waals surface area contributed by atoms with Crippen LogP contribution in [0, 0.1) is 6.92 Å². The number of hydrogen-bond donors (Lipinski definition) is 0. The zero-order valence-electron chi connectivity index (χ0n) is 20.6. The van der Waals surface area contributed by atoms with E-state index in [0.29, 0.717) is 28.3 Å². The Morgan fingerprint density at radius 2 is 1.37 bits per heavy atom. The van der Waals surface area contributed by atoms with Gasteiger partial charge in [-0.15, -0.1) is 0 Å². The van der Waals surface area contributed by atoms with E-state index in [9.17, 15) is 19.2 Å². The molecule has 0 atom stereocenters. The minimum absolute atomic E-state index is 0.226. The summed E-state index contributed by atoms with van der Waals surface area (Å²) < 4.78 is 10.6. The number of amides is 4. The van der Waals surface area contributed by atoms with Crippen LogP contribution in [0.1, 0.15) is 21.7 Å². The van der Waals surface area contributed by atoms with E-state index >= 15 is 0 Å². The monoisotopic (exact) mass is 506 g/mol. The van der Waals surface area contributed by atoms with Gasteiger partial charge in [0.1, 0.15) is 17.1 Å². The van der Waals surface area contributed by atoms with Crippen LogP contribution < -0.4 is 9.80 Å². The minimum Gasteiger partial charge on any atom is -0.465 e. The molecule has 1 aliphatic rings. The van der Waals surface area contributed by atoms with E-state index in [1.165, 1.54) is 13.2 Å². The van der Waals surface area contributed by atoms with Crippen LogP contribution in [0.25, 0.3) is 17.4 Å². The fourth-order valence-electron chi connectivity index (χ4n) is 4.07. The number of ether oxygens (including phenoxy) is 1. The number of anilines is 2. The molecule has 8 nitrogen and oxygen atoms in total. The van der Waals surface area contributed by atoms with Crippen molar-refractivity contribution < 1.29 is 28.3 Å². The number of aryl methyl sites for hydroxylation is 1. The second-order valence-electron chi connectivity index (χ2n) is 8.56. The smallest absolute Gasteiger partial charge is 0.343 e. The molecule has 0 unspecified atom stereocenters. The van der Waals surface area contributed by atoms with Gasteiger partial charge in [-0.3, -0.25) is 9.59 Å². The lowest BCUT2D eigenvalue weighted by Gasteiger charge is -2.33. The number of benzene rings is 3. The number of rotatable bonds is 5. The van der Waals surface area contributed by atoms with Crippen molar-refractivity contribution in [1.29, 1.82) is 0 Å². The predicted octanol–water partition coefficient (Wildman–Crippen LogP) is 5.63. The molecule has 1 fully saturated rings. The molecule has 1 aromatic heterocycles. The van der Waals surface area contributed by atoms with Gasteiger partial charge in [-0.2, -0.15) is 0 Å². The highest BCUT2D eigenvalue weighted by Gasteiger charge is 2.43. The van der Waals surface area contributed by atoms with Crippen molar-refractivity contribution in [2.45, 2.75) is 6.92 Å². The van der Waals surface area contributed by atoms with E-state index in [1.54, 1.807) is 91.0 Å². The normalized spacial score (nSPS) is 14.8. The van der Waals surface area contributed by atoms with Crippen LogP contribution in [-0.4, -0.2) is 30.9 Å². The van der Waals surface area contributed by atoms with Crippen molar-refractivity contribution in [3.8, 4) is 11.3 Å². The zero-order valence-corrected chi connectivity index (χ0v) is 20.6. The fraction of sp³-hybridized carbons (Fsp3) is 0.0667. The molecule has 188 valence electrons. The zero-order chi connectivity index (χ0) is 26.8. The summed E-state index contributed by atoms with van der Waals surface area (Å²) in [5.41, 5.74) is 2.49. The van der Waals surface area contributed by atoms with E-state index in [2.05, 4.69) is 0 Å². The quantitative estimate of drug-likeness (QED) is 0.198. The summed E-state index contributed by atoms with van der Waals surface area (Å²) in [6.07, 6.45) is 1.33. The van der Waals surface area contributed by atoms with Gasteiger partial charge >= 0.3 is 12.0 Å². The molecule has 4 aromatic rings. The number of carbonyl (C=O) groups is 4. The lowest BCUT2D eigenvalue weighted by Crippen LogP contribution is -2.57. The lowest BCUT2D eigenvalue weighted by atomic mass is 10.1. The van der Waals surface area contributed by atoms with Gasteiger partial charge in [0.05, 0.1) is 24.0 Å². The maximum atomic E-state index is 13.5. The Bertz CT molecular complexity index is 1570.